The predicted octanol–water partition coefficient (Wildman–Crippen LogP) is 3.92. The number of carbonyl (C=O) groups is 1. The van der Waals surface area contributed by atoms with Crippen molar-refractivity contribution in [1.29, 1.82) is 0 Å². The number of ether oxygens (including phenoxy) is 1. The number of hydrogen-bond acceptors (Lipinski definition) is 3. The minimum absolute atomic E-state index is 0.0963. The van der Waals surface area contributed by atoms with Crippen LogP contribution < -0.4 is 0 Å². The van der Waals surface area contributed by atoms with Gasteiger partial charge in [0.15, 0.2) is 0 Å². The van der Waals surface area contributed by atoms with Gasteiger partial charge in [0.1, 0.15) is 5.82 Å². The molecule has 0 aliphatic heterocycles. The van der Waals surface area contributed by atoms with Gasteiger partial charge < -0.3 is 4.74 Å². The van der Waals surface area contributed by atoms with Crippen molar-refractivity contribution in [2.75, 3.05) is 19.7 Å². The molecule has 0 spiro atoms. The molecular weight excluding hydrogens is 325 g/mol. The Morgan fingerprint density at radius 2 is 2.00 bits per heavy atom. The molecule has 0 saturated heterocycles. The highest BCUT2D eigenvalue weighted by molar-refractivity contribution is 9.10. The summed E-state index contributed by atoms with van der Waals surface area (Å²) in [6.07, 6.45) is 0.271. The average Bonchev–Trinajstić information content (AvgIpc) is 2.42. The molecule has 1 unspecified atom stereocenters. The Kier molecular flexibility index (Phi) is 7.16. The van der Waals surface area contributed by atoms with Crippen LogP contribution in [0.15, 0.2) is 22.7 Å². The van der Waals surface area contributed by atoms with E-state index in [0.717, 1.165) is 18.7 Å². The summed E-state index contributed by atoms with van der Waals surface area (Å²) in [5, 5.41) is 0. The first-order valence-electron chi connectivity index (χ1n) is 6.88. The topological polar surface area (TPSA) is 29.5 Å². The molecule has 0 bridgehead atoms. The van der Waals surface area contributed by atoms with Gasteiger partial charge in [-0.05, 0) is 53.6 Å². The molecule has 0 radical (unpaired) electrons. The predicted molar refractivity (Wildman–Crippen MR) is 81.0 cm³/mol. The van der Waals surface area contributed by atoms with Crippen LogP contribution in [0.4, 0.5) is 4.39 Å². The van der Waals surface area contributed by atoms with E-state index in [1.54, 1.807) is 19.1 Å². The Bertz CT molecular complexity index is 449. The number of esters is 1. The molecule has 0 fully saturated rings. The molecule has 1 rings (SSSR count). The molecule has 1 aromatic carbocycles. The van der Waals surface area contributed by atoms with Gasteiger partial charge in [-0.2, -0.15) is 0 Å². The highest BCUT2D eigenvalue weighted by Gasteiger charge is 2.22. The largest absolute Gasteiger partial charge is 0.466 e. The molecule has 0 aliphatic carbocycles. The van der Waals surface area contributed by atoms with Crippen molar-refractivity contribution in [3.05, 3.63) is 34.1 Å². The van der Waals surface area contributed by atoms with Gasteiger partial charge >= 0.3 is 5.97 Å². The molecule has 0 aromatic heterocycles. The van der Waals surface area contributed by atoms with Gasteiger partial charge in [0.25, 0.3) is 0 Å². The lowest BCUT2D eigenvalue weighted by molar-refractivity contribution is -0.144. The Hall–Kier alpha value is -0.940. The third kappa shape index (κ3) is 4.56. The van der Waals surface area contributed by atoms with Crippen LogP contribution in [0.2, 0.25) is 0 Å². The van der Waals surface area contributed by atoms with E-state index in [-0.39, 0.29) is 24.2 Å². The van der Waals surface area contributed by atoms with E-state index in [2.05, 4.69) is 20.8 Å². The summed E-state index contributed by atoms with van der Waals surface area (Å²) < 4.78 is 18.8. The summed E-state index contributed by atoms with van der Waals surface area (Å²) in [4.78, 5) is 13.9. The number of halogens is 2. The van der Waals surface area contributed by atoms with Gasteiger partial charge in [-0.25, -0.2) is 4.39 Å². The van der Waals surface area contributed by atoms with Crippen LogP contribution in [-0.4, -0.2) is 30.6 Å². The van der Waals surface area contributed by atoms with Gasteiger partial charge in [-0.15, -0.1) is 0 Å². The van der Waals surface area contributed by atoms with Crippen molar-refractivity contribution >= 4 is 21.9 Å². The van der Waals surface area contributed by atoms with E-state index in [1.165, 1.54) is 6.07 Å². The molecule has 1 aromatic rings. The van der Waals surface area contributed by atoms with Crippen molar-refractivity contribution in [2.45, 2.75) is 33.2 Å². The first kappa shape index (κ1) is 17.1. The zero-order chi connectivity index (χ0) is 15.1. The molecular formula is C15H21BrFNO2. The van der Waals surface area contributed by atoms with Gasteiger partial charge in [0.05, 0.1) is 17.5 Å². The molecule has 0 saturated carbocycles. The fourth-order valence-corrected chi connectivity index (χ4v) is 2.62. The second-order valence-electron chi connectivity index (χ2n) is 4.42. The second kappa shape index (κ2) is 8.37. The molecule has 0 N–H and O–H groups in total. The Morgan fingerprint density at radius 1 is 1.35 bits per heavy atom. The third-order valence-electron chi connectivity index (χ3n) is 3.25. The summed E-state index contributed by atoms with van der Waals surface area (Å²) >= 11 is 3.19. The Labute approximate surface area is 128 Å². The highest BCUT2D eigenvalue weighted by Crippen LogP contribution is 2.28. The van der Waals surface area contributed by atoms with Gasteiger partial charge in [0.2, 0.25) is 0 Å². The van der Waals surface area contributed by atoms with Gasteiger partial charge in [0, 0.05) is 6.04 Å². The molecule has 5 heteroatoms. The van der Waals surface area contributed by atoms with Crippen LogP contribution in [0.25, 0.3) is 0 Å². The van der Waals surface area contributed by atoms with Crippen LogP contribution in [-0.2, 0) is 9.53 Å². The SMILES string of the molecule is CCOC(=O)CC(c1ccc(F)c(Br)c1)N(CC)CC. The molecule has 112 valence electrons. The maximum atomic E-state index is 13.4. The first-order chi connectivity index (χ1) is 9.53. The molecule has 0 heterocycles. The van der Waals surface area contributed by atoms with Crippen molar-refractivity contribution in [1.82, 2.24) is 4.90 Å². The van der Waals surface area contributed by atoms with Crippen molar-refractivity contribution < 1.29 is 13.9 Å². The molecule has 3 nitrogen and oxygen atoms in total. The van der Waals surface area contributed by atoms with E-state index in [0.29, 0.717) is 11.1 Å². The number of rotatable bonds is 7. The smallest absolute Gasteiger partial charge is 0.307 e. The average molecular weight is 346 g/mol. The zero-order valence-corrected chi connectivity index (χ0v) is 13.7. The third-order valence-corrected chi connectivity index (χ3v) is 3.85. The molecule has 20 heavy (non-hydrogen) atoms. The standard InChI is InChI=1S/C15H21BrFNO2/c1-4-18(5-2)14(10-15(19)20-6-3)11-7-8-13(17)12(16)9-11/h7-9,14H,4-6,10H2,1-3H3. The number of carbonyl (C=O) groups excluding carboxylic acids is 1. The molecule has 0 amide bonds. The minimum Gasteiger partial charge on any atom is -0.466 e. The Morgan fingerprint density at radius 3 is 2.50 bits per heavy atom. The first-order valence-corrected chi connectivity index (χ1v) is 7.67. The summed E-state index contributed by atoms with van der Waals surface area (Å²) in [6, 6.07) is 4.78. The van der Waals surface area contributed by atoms with E-state index < -0.39 is 0 Å². The van der Waals surface area contributed by atoms with Crippen LogP contribution in [0.3, 0.4) is 0 Å². The normalized spacial score (nSPS) is 12.5. The summed E-state index contributed by atoms with van der Waals surface area (Å²) in [5.74, 6) is -0.534. The summed E-state index contributed by atoms with van der Waals surface area (Å²) in [6.45, 7) is 7.88. The van der Waals surface area contributed by atoms with Gasteiger partial charge in [-0.1, -0.05) is 19.9 Å². The van der Waals surface area contributed by atoms with Crippen molar-refractivity contribution in [3.8, 4) is 0 Å². The maximum absolute atomic E-state index is 13.4. The lowest BCUT2D eigenvalue weighted by Crippen LogP contribution is -2.30. The number of nitrogens with zero attached hydrogens (tertiary/aromatic N) is 1. The highest BCUT2D eigenvalue weighted by atomic mass is 79.9. The quantitative estimate of drug-likeness (QED) is 0.701. The lowest BCUT2D eigenvalue weighted by atomic mass is 10.0. The van der Waals surface area contributed by atoms with E-state index in [9.17, 15) is 9.18 Å². The fraction of sp³-hybridized carbons (Fsp3) is 0.533. The van der Waals surface area contributed by atoms with Crippen LogP contribution in [0, 0.1) is 5.82 Å². The summed E-state index contributed by atoms with van der Waals surface area (Å²) in [7, 11) is 0. The monoisotopic (exact) mass is 345 g/mol. The zero-order valence-electron chi connectivity index (χ0n) is 12.2. The molecule has 0 aliphatic rings. The van der Waals surface area contributed by atoms with Crippen LogP contribution in [0.5, 0.6) is 0 Å². The van der Waals surface area contributed by atoms with E-state index in [1.807, 2.05) is 13.8 Å². The number of hydrogen-bond donors (Lipinski definition) is 0. The van der Waals surface area contributed by atoms with Crippen LogP contribution >= 0.6 is 15.9 Å². The van der Waals surface area contributed by atoms with E-state index in [4.69, 9.17) is 4.74 Å². The second-order valence-corrected chi connectivity index (χ2v) is 5.27. The Balaban J connectivity index is 3.02. The lowest BCUT2D eigenvalue weighted by Gasteiger charge is -2.29. The molecule has 1 atom stereocenters. The van der Waals surface area contributed by atoms with Crippen molar-refractivity contribution in [3.63, 3.8) is 0 Å². The van der Waals surface area contributed by atoms with E-state index >= 15 is 0 Å². The maximum Gasteiger partial charge on any atom is 0.307 e. The minimum atomic E-state index is -0.303. The number of benzene rings is 1. The van der Waals surface area contributed by atoms with Gasteiger partial charge in [-0.3, -0.25) is 9.69 Å². The van der Waals surface area contributed by atoms with Crippen LogP contribution in [0.1, 0.15) is 38.8 Å². The van der Waals surface area contributed by atoms with Crippen molar-refractivity contribution in [2.24, 2.45) is 0 Å². The fourth-order valence-electron chi connectivity index (χ4n) is 2.22. The summed E-state index contributed by atoms with van der Waals surface area (Å²) in [5.41, 5.74) is 0.912.